The fourth-order valence-electron chi connectivity index (χ4n) is 3.63. The summed E-state index contributed by atoms with van der Waals surface area (Å²) in [6, 6.07) is 22.5. The number of aryl methyl sites for hydroxylation is 1. The zero-order valence-electron chi connectivity index (χ0n) is 15.8. The topological polar surface area (TPSA) is 32.3 Å². The fourth-order valence-corrected chi connectivity index (χ4v) is 3.63. The lowest BCUT2D eigenvalue weighted by Crippen LogP contribution is -2.19. The minimum absolute atomic E-state index is 0.0678. The number of para-hydroxylation sites is 1. The molecule has 3 heteroatoms. The van der Waals surface area contributed by atoms with E-state index in [9.17, 15) is 4.79 Å². The van der Waals surface area contributed by atoms with E-state index in [-0.39, 0.29) is 5.91 Å². The molecule has 1 aliphatic heterocycles. The molecule has 0 radical (unpaired) electrons. The molecule has 0 bridgehead atoms. The highest BCUT2D eigenvalue weighted by Gasteiger charge is 2.18. The Balaban J connectivity index is 1.45. The summed E-state index contributed by atoms with van der Waals surface area (Å²) >= 11 is 0. The van der Waals surface area contributed by atoms with Gasteiger partial charge in [0.2, 0.25) is 0 Å². The largest absolute Gasteiger partial charge is 0.367 e. The van der Waals surface area contributed by atoms with Crippen LogP contribution in [0.4, 0.5) is 11.4 Å². The first-order valence-corrected chi connectivity index (χ1v) is 9.41. The quantitative estimate of drug-likeness (QED) is 0.704. The lowest BCUT2D eigenvalue weighted by Gasteiger charge is -2.19. The summed E-state index contributed by atoms with van der Waals surface area (Å²) in [5, 5.41) is 3.02. The molecule has 3 aromatic carbocycles. The molecule has 1 N–H and O–H groups in total. The molecule has 3 nitrogen and oxygen atoms in total. The third-order valence-corrected chi connectivity index (χ3v) is 5.43. The maximum Gasteiger partial charge on any atom is 0.255 e. The highest BCUT2D eigenvalue weighted by atomic mass is 16.1. The van der Waals surface area contributed by atoms with Crippen molar-refractivity contribution in [1.82, 2.24) is 0 Å². The van der Waals surface area contributed by atoms with E-state index in [4.69, 9.17) is 0 Å². The van der Waals surface area contributed by atoms with Gasteiger partial charge in [-0.15, -0.1) is 0 Å². The van der Waals surface area contributed by atoms with Crippen LogP contribution in [0.3, 0.4) is 0 Å². The molecule has 0 saturated carbocycles. The van der Waals surface area contributed by atoms with Gasteiger partial charge in [-0.1, -0.05) is 42.5 Å². The van der Waals surface area contributed by atoms with Crippen LogP contribution in [0.5, 0.6) is 0 Å². The molecular weight excluding hydrogens is 332 g/mol. The van der Waals surface area contributed by atoms with Crippen LogP contribution in [-0.4, -0.2) is 12.5 Å². The van der Waals surface area contributed by atoms with Gasteiger partial charge in [0.05, 0.1) is 0 Å². The van der Waals surface area contributed by atoms with Crippen LogP contribution in [0, 0.1) is 13.8 Å². The number of anilines is 2. The van der Waals surface area contributed by atoms with Crippen LogP contribution in [0.1, 0.15) is 32.6 Å². The first-order valence-electron chi connectivity index (χ1n) is 9.41. The zero-order chi connectivity index (χ0) is 18.8. The number of hydrogen-bond donors (Lipinski definition) is 1. The summed E-state index contributed by atoms with van der Waals surface area (Å²) in [6.07, 6.45) is 1.10. The summed E-state index contributed by atoms with van der Waals surface area (Å²) < 4.78 is 0. The van der Waals surface area contributed by atoms with Gasteiger partial charge < -0.3 is 10.2 Å². The molecule has 0 atom stereocenters. The van der Waals surface area contributed by atoms with Gasteiger partial charge in [0.15, 0.2) is 0 Å². The molecule has 0 aromatic heterocycles. The molecule has 0 saturated heterocycles. The van der Waals surface area contributed by atoms with Crippen molar-refractivity contribution in [3.63, 3.8) is 0 Å². The first-order chi connectivity index (χ1) is 13.1. The molecule has 0 unspecified atom stereocenters. The lowest BCUT2D eigenvalue weighted by molar-refractivity contribution is 0.102. The Morgan fingerprint density at radius 2 is 1.74 bits per heavy atom. The predicted molar refractivity (Wildman–Crippen MR) is 112 cm³/mol. The van der Waals surface area contributed by atoms with E-state index in [0.717, 1.165) is 30.8 Å². The van der Waals surface area contributed by atoms with Crippen LogP contribution >= 0.6 is 0 Å². The number of rotatable bonds is 4. The molecule has 4 rings (SSSR count). The van der Waals surface area contributed by atoms with Crippen molar-refractivity contribution >= 4 is 17.3 Å². The molecule has 3 aromatic rings. The van der Waals surface area contributed by atoms with E-state index >= 15 is 0 Å². The van der Waals surface area contributed by atoms with Crippen molar-refractivity contribution in [2.75, 3.05) is 16.8 Å². The van der Waals surface area contributed by atoms with Crippen LogP contribution in [0.25, 0.3) is 0 Å². The molecule has 1 aliphatic rings. The van der Waals surface area contributed by atoms with E-state index in [1.54, 1.807) is 0 Å². The summed E-state index contributed by atoms with van der Waals surface area (Å²) in [4.78, 5) is 15.0. The number of benzene rings is 3. The monoisotopic (exact) mass is 356 g/mol. The smallest absolute Gasteiger partial charge is 0.255 e. The molecule has 1 amide bonds. The normalized spacial score (nSPS) is 12.7. The second kappa shape index (κ2) is 7.28. The predicted octanol–water partition coefficient (Wildman–Crippen LogP) is 5.12. The number of carbonyl (C=O) groups excluding carboxylic acids is 1. The average Bonchev–Trinajstić information content (AvgIpc) is 3.09. The molecule has 0 spiro atoms. The van der Waals surface area contributed by atoms with Gasteiger partial charge in [0, 0.05) is 30.0 Å². The van der Waals surface area contributed by atoms with Gasteiger partial charge in [0.25, 0.3) is 5.91 Å². The van der Waals surface area contributed by atoms with E-state index in [1.165, 1.54) is 22.4 Å². The van der Waals surface area contributed by atoms with E-state index in [2.05, 4.69) is 59.6 Å². The van der Waals surface area contributed by atoms with Gasteiger partial charge in [0.1, 0.15) is 0 Å². The van der Waals surface area contributed by atoms with Crippen LogP contribution in [-0.2, 0) is 13.0 Å². The summed E-state index contributed by atoms with van der Waals surface area (Å²) in [5.41, 5.74) is 7.80. The van der Waals surface area contributed by atoms with Gasteiger partial charge >= 0.3 is 0 Å². The van der Waals surface area contributed by atoms with Crippen molar-refractivity contribution in [3.05, 3.63) is 94.5 Å². The highest BCUT2D eigenvalue weighted by molar-refractivity contribution is 6.04. The Morgan fingerprint density at radius 1 is 0.963 bits per heavy atom. The van der Waals surface area contributed by atoms with Gasteiger partial charge in [-0.05, 0) is 66.8 Å². The van der Waals surface area contributed by atoms with Crippen molar-refractivity contribution in [2.24, 2.45) is 0 Å². The summed E-state index contributed by atoms with van der Waals surface area (Å²) in [6.45, 7) is 6.00. The Bertz CT molecular complexity index is 976. The molecule has 136 valence electrons. The molecular formula is C24H24N2O. The SMILES string of the molecule is Cc1cccc(NC(=O)c2ccc(CN3CCc4ccccc43)cc2)c1C. The standard InChI is InChI=1S/C24H24N2O/c1-17-6-5-8-22(18(17)2)25-24(27)21-12-10-19(11-13-21)16-26-15-14-20-7-3-4-9-23(20)26/h3-13H,14-16H2,1-2H3,(H,25,27). The van der Waals surface area contributed by atoms with Crippen molar-refractivity contribution in [2.45, 2.75) is 26.8 Å². The Labute approximate surface area is 160 Å². The van der Waals surface area contributed by atoms with Crippen LogP contribution in [0.15, 0.2) is 66.7 Å². The number of fused-ring (bicyclic) bond motifs is 1. The Kier molecular flexibility index (Phi) is 4.68. The van der Waals surface area contributed by atoms with Gasteiger partial charge in [-0.2, -0.15) is 0 Å². The second-order valence-corrected chi connectivity index (χ2v) is 7.20. The number of hydrogen-bond acceptors (Lipinski definition) is 2. The fraction of sp³-hybridized carbons (Fsp3) is 0.208. The zero-order valence-corrected chi connectivity index (χ0v) is 15.8. The molecule has 27 heavy (non-hydrogen) atoms. The highest BCUT2D eigenvalue weighted by Crippen LogP contribution is 2.28. The molecule has 0 aliphatic carbocycles. The van der Waals surface area contributed by atoms with E-state index in [0.29, 0.717) is 5.56 Å². The first kappa shape index (κ1) is 17.3. The summed E-state index contributed by atoms with van der Waals surface area (Å²) in [7, 11) is 0. The third kappa shape index (κ3) is 3.59. The maximum absolute atomic E-state index is 12.6. The minimum Gasteiger partial charge on any atom is -0.367 e. The van der Waals surface area contributed by atoms with Crippen molar-refractivity contribution in [1.29, 1.82) is 0 Å². The number of nitrogens with zero attached hydrogens (tertiary/aromatic N) is 1. The number of carbonyl (C=O) groups is 1. The van der Waals surface area contributed by atoms with Crippen LogP contribution in [0.2, 0.25) is 0 Å². The third-order valence-electron chi connectivity index (χ3n) is 5.43. The lowest BCUT2D eigenvalue weighted by atomic mass is 10.1. The van der Waals surface area contributed by atoms with Crippen molar-refractivity contribution < 1.29 is 4.79 Å². The molecule has 0 fully saturated rings. The Morgan fingerprint density at radius 3 is 2.56 bits per heavy atom. The number of nitrogens with one attached hydrogen (secondary N) is 1. The second-order valence-electron chi connectivity index (χ2n) is 7.20. The maximum atomic E-state index is 12.6. The van der Waals surface area contributed by atoms with Crippen molar-refractivity contribution in [3.8, 4) is 0 Å². The summed E-state index contributed by atoms with van der Waals surface area (Å²) in [5.74, 6) is -0.0678. The molecule has 1 heterocycles. The van der Waals surface area contributed by atoms with Gasteiger partial charge in [-0.3, -0.25) is 4.79 Å². The Hall–Kier alpha value is -3.07. The van der Waals surface area contributed by atoms with Gasteiger partial charge in [-0.25, -0.2) is 0 Å². The van der Waals surface area contributed by atoms with Crippen LogP contribution < -0.4 is 10.2 Å². The number of amides is 1. The van der Waals surface area contributed by atoms with E-state index in [1.807, 2.05) is 31.2 Å². The minimum atomic E-state index is -0.0678. The average molecular weight is 356 g/mol. The van der Waals surface area contributed by atoms with E-state index < -0.39 is 0 Å².